The molecule has 1 N–H and O–H groups in total. The van der Waals surface area contributed by atoms with Crippen LogP contribution in [0.2, 0.25) is 0 Å². The van der Waals surface area contributed by atoms with Gasteiger partial charge in [0.15, 0.2) is 0 Å². The molecule has 0 fully saturated rings. The van der Waals surface area contributed by atoms with Crippen LogP contribution in [0.5, 0.6) is 11.5 Å². The van der Waals surface area contributed by atoms with E-state index in [0.717, 1.165) is 39.5 Å². The van der Waals surface area contributed by atoms with Gasteiger partial charge >= 0.3 is 0 Å². The maximum atomic E-state index is 10.7. The van der Waals surface area contributed by atoms with E-state index in [-0.39, 0.29) is 6.61 Å². The molecule has 154 valence electrons. The van der Waals surface area contributed by atoms with Gasteiger partial charge in [0.1, 0.15) is 30.0 Å². The van der Waals surface area contributed by atoms with Crippen LogP contribution in [0, 0.1) is 6.92 Å². The van der Waals surface area contributed by atoms with Gasteiger partial charge in [-0.25, -0.2) is 4.98 Å². The van der Waals surface area contributed by atoms with Crippen molar-refractivity contribution in [3.05, 3.63) is 89.7 Å². The number of ether oxygens (including phenoxy) is 2. The monoisotopic (exact) mass is 402 g/mol. The highest BCUT2D eigenvalue weighted by molar-refractivity contribution is 5.76. The van der Waals surface area contributed by atoms with Gasteiger partial charge < -0.3 is 19.1 Å². The van der Waals surface area contributed by atoms with Crippen molar-refractivity contribution in [1.82, 2.24) is 9.55 Å². The van der Waals surface area contributed by atoms with E-state index in [2.05, 4.69) is 4.57 Å². The summed E-state index contributed by atoms with van der Waals surface area (Å²) in [5, 5.41) is 10.7. The number of hydrogen-bond acceptors (Lipinski definition) is 4. The molecule has 0 saturated carbocycles. The molecule has 0 aliphatic heterocycles. The van der Waals surface area contributed by atoms with Gasteiger partial charge in [-0.2, -0.15) is 0 Å². The summed E-state index contributed by atoms with van der Waals surface area (Å²) in [5.74, 6) is 2.54. The molecule has 0 bridgehead atoms. The number of rotatable bonds is 8. The van der Waals surface area contributed by atoms with Crippen LogP contribution in [-0.4, -0.2) is 34.5 Å². The smallest absolute Gasteiger partial charge is 0.122 e. The lowest BCUT2D eigenvalue weighted by molar-refractivity contribution is 0.0925. The molecule has 0 radical (unpaired) electrons. The largest absolute Gasteiger partial charge is 0.497 e. The first-order chi connectivity index (χ1) is 14.6. The maximum absolute atomic E-state index is 10.7. The summed E-state index contributed by atoms with van der Waals surface area (Å²) in [4.78, 5) is 4.82. The molecule has 0 spiro atoms. The second-order valence-corrected chi connectivity index (χ2v) is 7.38. The Labute approximate surface area is 176 Å². The number of hydrogen-bond donors (Lipinski definition) is 1. The van der Waals surface area contributed by atoms with Crippen molar-refractivity contribution in [2.45, 2.75) is 26.0 Å². The van der Waals surface area contributed by atoms with E-state index in [1.54, 1.807) is 7.11 Å². The number of imidazole rings is 1. The van der Waals surface area contributed by atoms with Gasteiger partial charge in [-0.15, -0.1) is 0 Å². The topological polar surface area (TPSA) is 56.5 Å². The number of aliphatic hydroxyl groups is 1. The lowest BCUT2D eigenvalue weighted by Crippen LogP contribution is -2.24. The second-order valence-electron chi connectivity index (χ2n) is 7.38. The van der Waals surface area contributed by atoms with Crippen LogP contribution < -0.4 is 9.47 Å². The Morgan fingerprint density at radius 3 is 2.47 bits per heavy atom. The number of para-hydroxylation sites is 3. The SMILES string of the molecule is COc1ccc(Cc2nc3ccccc3n2CC(O)COc2ccccc2C)cc1. The minimum absolute atomic E-state index is 0.222. The average molecular weight is 402 g/mol. The third kappa shape index (κ3) is 4.47. The molecule has 0 aliphatic carbocycles. The third-order valence-electron chi connectivity index (χ3n) is 5.17. The molecule has 1 heterocycles. The molecule has 5 heteroatoms. The van der Waals surface area contributed by atoms with Crippen molar-refractivity contribution in [2.24, 2.45) is 0 Å². The van der Waals surface area contributed by atoms with Gasteiger partial charge in [0.05, 0.1) is 24.7 Å². The van der Waals surface area contributed by atoms with Crippen molar-refractivity contribution >= 4 is 11.0 Å². The van der Waals surface area contributed by atoms with Crippen molar-refractivity contribution < 1.29 is 14.6 Å². The molecule has 4 rings (SSSR count). The lowest BCUT2D eigenvalue weighted by atomic mass is 10.1. The van der Waals surface area contributed by atoms with Gasteiger partial charge in [0, 0.05) is 6.42 Å². The predicted octanol–water partition coefficient (Wildman–Crippen LogP) is 4.38. The Kier molecular flexibility index (Phi) is 6.00. The molecule has 1 unspecified atom stereocenters. The molecule has 0 aliphatic rings. The average Bonchev–Trinajstić information content (AvgIpc) is 3.10. The zero-order chi connectivity index (χ0) is 20.9. The highest BCUT2D eigenvalue weighted by Gasteiger charge is 2.15. The fraction of sp³-hybridized carbons (Fsp3) is 0.240. The standard InChI is InChI=1S/C25H26N2O3/c1-18-7-3-6-10-24(18)30-17-20(28)16-27-23-9-5-4-8-22(23)26-25(27)15-19-11-13-21(29-2)14-12-19/h3-14,20,28H,15-17H2,1-2H3. The number of aromatic nitrogens is 2. The van der Waals surface area contributed by atoms with Crippen molar-refractivity contribution in [3.8, 4) is 11.5 Å². The first-order valence-electron chi connectivity index (χ1n) is 10.1. The summed E-state index contributed by atoms with van der Waals surface area (Å²) in [5.41, 5.74) is 4.12. The van der Waals surface area contributed by atoms with E-state index in [4.69, 9.17) is 14.5 Å². The first-order valence-corrected chi connectivity index (χ1v) is 10.1. The molecule has 0 amide bonds. The Balaban J connectivity index is 1.54. The molecule has 1 aromatic heterocycles. The van der Waals surface area contributed by atoms with Crippen molar-refractivity contribution in [1.29, 1.82) is 0 Å². The minimum atomic E-state index is -0.656. The number of benzene rings is 3. The van der Waals surface area contributed by atoms with E-state index in [0.29, 0.717) is 13.0 Å². The van der Waals surface area contributed by atoms with Gasteiger partial charge in [0.25, 0.3) is 0 Å². The first kappa shape index (κ1) is 20.0. The van der Waals surface area contributed by atoms with E-state index >= 15 is 0 Å². The minimum Gasteiger partial charge on any atom is -0.497 e. The van der Waals surface area contributed by atoms with Crippen LogP contribution in [0.25, 0.3) is 11.0 Å². The van der Waals surface area contributed by atoms with Crippen LogP contribution in [-0.2, 0) is 13.0 Å². The van der Waals surface area contributed by atoms with E-state index < -0.39 is 6.10 Å². The highest BCUT2D eigenvalue weighted by atomic mass is 16.5. The summed E-state index contributed by atoms with van der Waals surface area (Å²) in [6.45, 7) is 2.63. The van der Waals surface area contributed by atoms with Crippen LogP contribution in [0.4, 0.5) is 0 Å². The van der Waals surface area contributed by atoms with E-state index in [1.807, 2.05) is 79.7 Å². The molecular formula is C25H26N2O3. The van der Waals surface area contributed by atoms with Crippen molar-refractivity contribution in [2.75, 3.05) is 13.7 Å². The van der Waals surface area contributed by atoms with Gasteiger partial charge in [-0.1, -0.05) is 42.5 Å². The van der Waals surface area contributed by atoms with Crippen LogP contribution in [0.1, 0.15) is 17.0 Å². The van der Waals surface area contributed by atoms with Crippen LogP contribution >= 0.6 is 0 Å². The normalized spacial score (nSPS) is 12.1. The number of aliphatic hydroxyl groups excluding tert-OH is 1. The molecular weight excluding hydrogens is 376 g/mol. The Bertz CT molecular complexity index is 1120. The summed E-state index contributed by atoms with van der Waals surface area (Å²) in [7, 11) is 1.66. The Morgan fingerprint density at radius 1 is 0.967 bits per heavy atom. The Hall–Kier alpha value is -3.31. The predicted molar refractivity (Wildman–Crippen MR) is 118 cm³/mol. The van der Waals surface area contributed by atoms with Crippen molar-refractivity contribution in [3.63, 3.8) is 0 Å². The van der Waals surface area contributed by atoms with Crippen LogP contribution in [0.3, 0.4) is 0 Å². The number of methoxy groups -OCH3 is 1. The highest BCUT2D eigenvalue weighted by Crippen LogP contribution is 2.21. The quantitative estimate of drug-likeness (QED) is 0.475. The van der Waals surface area contributed by atoms with Gasteiger partial charge in [0.2, 0.25) is 0 Å². The second kappa shape index (κ2) is 9.01. The van der Waals surface area contributed by atoms with E-state index in [1.165, 1.54) is 0 Å². The molecule has 5 nitrogen and oxygen atoms in total. The zero-order valence-electron chi connectivity index (χ0n) is 17.3. The lowest BCUT2D eigenvalue weighted by Gasteiger charge is -2.16. The maximum Gasteiger partial charge on any atom is 0.122 e. The molecule has 1 atom stereocenters. The number of aryl methyl sites for hydroxylation is 1. The molecule has 4 aromatic rings. The summed E-state index contributed by atoms with van der Waals surface area (Å²) < 4.78 is 13.2. The zero-order valence-corrected chi connectivity index (χ0v) is 17.3. The van der Waals surface area contributed by atoms with Gasteiger partial charge in [-0.05, 0) is 48.4 Å². The molecule has 30 heavy (non-hydrogen) atoms. The summed E-state index contributed by atoms with van der Waals surface area (Å²) in [6, 6.07) is 23.8. The molecule has 3 aromatic carbocycles. The Morgan fingerprint density at radius 2 is 1.70 bits per heavy atom. The van der Waals surface area contributed by atoms with Crippen LogP contribution in [0.15, 0.2) is 72.8 Å². The summed E-state index contributed by atoms with van der Waals surface area (Å²) >= 11 is 0. The van der Waals surface area contributed by atoms with Gasteiger partial charge in [-0.3, -0.25) is 0 Å². The number of fused-ring (bicyclic) bond motifs is 1. The summed E-state index contributed by atoms with van der Waals surface area (Å²) in [6.07, 6.45) is 0.0150. The molecule has 0 saturated heterocycles. The fourth-order valence-electron chi connectivity index (χ4n) is 3.56. The fourth-order valence-corrected chi connectivity index (χ4v) is 3.56. The van der Waals surface area contributed by atoms with E-state index in [9.17, 15) is 5.11 Å². The number of nitrogens with zero attached hydrogens (tertiary/aromatic N) is 2. The third-order valence-corrected chi connectivity index (χ3v) is 5.17.